The Bertz CT molecular complexity index is 415. The summed E-state index contributed by atoms with van der Waals surface area (Å²) in [6.45, 7) is 0.795. The Morgan fingerprint density at radius 2 is 2.20 bits per heavy atom. The highest BCUT2D eigenvalue weighted by Gasteiger charge is 2.38. The van der Waals surface area contributed by atoms with Crippen LogP contribution in [0.4, 0.5) is 0 Å². The number of hydrogen-bond donors (Lipinski definition) is 0. The molecule has 1 saturated heterocycles. The van der Waals surface area contributed by atoms with Crippen molar-refractivity contribution in [1.82, 2.24) is 0 Å². The largest absolute Gasteiger partial charge is 0.389 e. The van der Waals surface area contributed by atoms with Gasteiger partial charge < -0.3 is 9.57 Å². The predicted molar refractivity (Wildman–Crippen MR) is 57.2 cm³/mol. The average Bonchev–Trinajstić information content (AvgIpc) is 2.97. The fraction of sp³-hybridized carbons (Fsp3) is 0.364. The van der Waals surface area contributed by atoms with Crippen molar-refractivity contribution in [2.45, 2.75) is 18.6 Å². The van der Waals surface area contributed by atoms with Gasteiger partial charge in [0.15, 0.2) is 6.10 Å². The molecule has 0 amide bonds. The first-order valence-electron chi connectivity index (χ1n) is 4.93. The second-order valence-electron chi connectivity index (χ2n) is 3.77. The molecule has 4 heteroatoms. The maximum Gasteiger partial charge on any atom is 0.161 e. The lowest BCUT2D eigenvalue weighted by molar-refractivity contribution is 0.0627. The smallest absolute Gasteiger partial charge is 0.161 e. The van der Waals surface area contributed by atoms with Crippen molar-refractivity contribution in [3.63, 3.8) is 0 Å². The second kappa shape index (κ2) is 3.51. The molecule has 1 aromatic carbocycles. The Morgan fingerprint density at radius 1 is 1.33 bits per heavy atom. The molecule has 0 saturated carbocycles. The van der Waals surface area contributed by atoms with Crippen molar-refractivity contribution in [3.8, 4) is 0 Å². The lowest BCUT2D eigenvalue weighted by atomic mass is 10.0. The van der Waals surface area contributed by atoms with E-state index in [9.17, 15) is 0 Å². The van der Waals surface area contributed by atoms with Gasteiger partial charge in [-0.1, -0.05) is 28.9 Å². The summed E-state index contributed by atoms with van der Waals surface area (Å²) in [5.41, 5.74) is 1.99. The molecule has 2 aliphatic rings. The van der Waals surface area contributed by atoms with Gasteiger partial charge >= 0.3 is 0 Å². The first-order valence-corrected chi connectivity index (χ1v) is 5.31. The van der Waals surface area contributed by atoms with Crippen molar-refractivity contribution < 1.29 is 9.57 Å². The van der Waals surface area contributed by atoms with E-state index in [1.54, 1.807) is 0 Å². The van der Waals surface area contributed by atoms with E-state index in [0.717, 1.165) is 29.3 Å². The summed E-state index contributed by atoms with van der Waals surface area (Å²) in [5.74, 6) is 0. The number of epoxide rings is 1. The summed E-state index contributed by atoms with van der Waals surface area (Å²) >= 11 is 5.91. The number of ether oxygens (including phenoxy) is 1. The van der Waals surface area contributed by atoms with E-state index in [0.29, 0.717) is 0 Å². The highest BCUT2D eigenvalue weighted by atomic mass is 35.5. The zero-order chi connectivity index (χ0) is 10.3. The van der Waals surface area contributed by atoms with Gasteiger partial charge in [0.25, 0.3) is 0 Å². The van der Waals surface area contributed by atoms with Gasteiger partial charge in [-0.05, 0) is 12.1 Å². The molecule has 3 nitrogen and oxygen atoms in total. The molecule has 2 atom stereocenters. The minimum atomic E-state index is 0.0963. The maximum absolute atomic E-state index is 5.91. The van der Waals surface area contributed by atoms with Crippen molar-refractivity contribution in [2.75, 3.05) is 6.61 Å². The van der Waals surface area contributed by atoms with E-state index in [4.69, 9.17) is 21.2 Å². The number of benzene rings is 1. The number of oxime groups is 1. The van der Waals surface area contributed by atoms with Crippen molar-refractivity contribution in [2.24, 2.45) is 5.16 Å². The molecule has 0 unspecified atom stereocenters. The second-order valence-corrected chi connectivity index (χ2v) is 4.20. The lowest BCUT2D eigenvalue weighted by Gasteiger charge is -2.02. The van der Waals surface area contributed by atoms with Gasteiger partial charge in [-0.3, -0.25) is 0 Å². The normalized spacial score (nSPS) is 28.5. The van der Waals surface area contributed by atoms with Crippen LogP contribution in [0.3, 0.4) is 0 Å². The van der Waals surface area contributed by atoms with Crippen molar-refractivity contribution >= 4 is 17.3 Å². The molecule has 0 aliphatic carbocycles. The zero-order valence-corrected chi connectivity index (χ0v) is 8.78. The molecule has 2 heterocycles. The third kappa shape index (κ3) is 1.85. The van der Waals surface area contributed by atoms with Gasteiger partial charge in [-0.2, -0.15) is 0 Å². The van der Waals surface area contributed by atoms with Crippen molar-refractivity contribution in [3.05, 3.63) is 34.9 Å². The molecule has 0 spiro atoms. The highest BCUT2D eigenvalue weighted by molar-refractivity contribution is 6.31. The van der Waals surface area contributed by atoms with Crippen LogP contribution >= 0.6 is 11.6 Å². The third-order valence-corrected chi connectivity index (χ3v) is 2.86. The monoisotopic (exact) mass is 223 g/mol. The molecule has 0 radical (unpaired) electrons. The predicted octanol–water partition coefficient (Wildman–Crippen LogP) is 2.23. The molecular formula is C11H10ClNO2. The Balaban J connectivity index is 1.78. The fourth-order valence-electron chi connectivity index (χ4n) is 1.70. The van der Waals surface area contributed by atoms with Crippen LogP contribution in [0.25, 0.3) is 0 Å². The molecule has 1 fully saturated rings. The SMILES string of the molecule is Clc1cccc(C2=NO[C@@H]([C@@H]3CO3)C2)c1. The molecular weight excluding hydrogens is 214 g/mol. The highest BCUT2D eigenvalue weighted by Crippen LogP contribution is 2.27. The van der Waals surface area contributed by atoms with Crippen LogP contribution in [0, 0.1) is 0 Å². The Labute approximate surface area is 92.6 Å². The summed E-state index contributed by atoms with van der Waals surface area (Å²) in [7, 11) is 0. The van der Waals surface area contributed by atoms with Crippen molar-refractivity contribution in [1.29, 1.82) is 0 Å². The molecule has 0 bridgehead atoms. The molecule has 3 rings (SSSR count). The Hall–Kier alpha value is -1.06. The Morgan fingerprint density at radius 3 is 2.93 bits per heavy atom. The van der Waals surface area contributed by atoms with E-state index >= 15 is 0 Å². The van der Waals surface area contributed by atoms with E-state index in [-0.39, 0.29) is 12.2 Å². The van der Waals surface area contributed by atoms with E-state index < -0.39 is 0 Å². The van der Waals surface area contributed by atoms with Gasteiger partial charge in [-0.25, -0.2) is 0 Å². The van der Waals surface area contributed by atoms with E-state index in [1.807, 2.05) is 24.3 Å². The molecule has 15 heavy (non-hydrogen) atoms. The summed E-state index contributed by atoms with van der Waals surface area (Å²) < 4.78 is 5.18. The lowest BCUT2D eigenvalue weighted by Crippen LogP contribution is -2.15. The van der Waals surface area contributed by atoms with Crippen LogP contribution in [-0.4, -0.2) is 24.5 Å². The summed E-state index contributed by atoms with van der Waals surface area (Å²) in [6, 6.07) is 7.66. The maximum atomic E-state index is 5.91. The standard InChI is InChI=1S/C11H10ClNO2/c12-8-3-1-2-7(4-8)9-5-10(15-13-9)11-6-14-11/h1-4,10-11H,5-6H2/t10-,11+/m1/s1. The number of hydrogen-bond acceptors (Lipinski definition) is 3. The molecule has 78 valence electrons. The Kier molecular flexibility index (Phi) is 2.15. The van der Waals surface area contributed by atoms with Crippen LogP contribution in [-0.2, 0) is 9.57 Å². The molecule has 0 N–H and O–H groups in total. The molecule has 2 aliphatic heterocycles. The molecule has 0 aromatic heterocycles. The van der Waals surface area contributed by atoms with Crippen LogP contribution in [0.15, 0.2) is 29.4 Å². The van der Waals surface area contributed by atoms with Crippen LogP contribution < -0.4 is 0 Å². The van der Waals surface area contributed by atoms with E-state index in [2.05, 4.69) is 5.16 Å². The zero-order valence-electron chi connectivity index (χ0n) is 8.02. The molecule has 1 aromatic rings. The number of rotatable bonds is 2. The van der Waals surface area contributed by atoms with Gasteiger partial charge in [0, 0.05) is 17.0 Å². The first kappa shape index (κ1) is 9.19. The fourth-order valence-corrected chi connectivity index (χ4v) is 1.89. The van der Waals surface area contributed by atoms with Crippen LogP contribution in [0.2, 0.25) is 5.02 Å². The van der Waals surface area contributed by atoms with Gasteiger partial charge in [0.1, 0.15) is 6.10 Å². The number of nitrogens with zero attached hydrogens (tertiary/aromatic N) is 1. The summed E-state index contributed by atoms with van der Waals surface area (Å²) in [4.78, 5) is 5.30. The average molecular weight is 224 g/mol. The van der Waals surface area contributed by atoms with Crippen LogP contribution in [0.1, 0.15) is 12.0 Å². The minimum Gasteiger partial charge on any atom is -0.389 e. The minimum absolute atomic E-state index is 0.0963. The van der Waals surface area contributed by atoms with Crippen LogP contribution in [0.5, 0.6) is 0 Å². The topological polar surface area (TPSA) is 34.1 Å². The van der Waals surface area contributed by atoms with E-state index in [1.165, 1.54) is 0 Å². The van der Waals surface area contributed by atoms with Gasteiger partial charge in [0.2, 0.25) is 0 Å². The summed E-state index contributed by atoms with van der Waals surface area (Å²) in [6.07, 6.45) is 1.15. The summed E-state index contributed by atoms with van der Waals surface area (Å²) in [5, 5.41) is 4.79. The third-order valence-electron chi connectivity index (χ3n) is 2.62. The first-order chi connectivity index (χ1) is 7.33. The van der Waals surface area contributed by atoms with Gasteiger partial charge in [-0.15, -0.1) is 0 Å². The quantitative estimate of drug-likeness (QED) is 0.721. The number of halogens is 1. The van der Waals surface area contributed by atoms with Gasteiger partial charge in [0.05, 0.1) is 12.3 Å².